The maximum absolute atomic E-state index is 6.24. The summed E-state index contributed by atoms with van der Waals surface area (Å²) in [6, 6.07) is 0.466. The van der Waals surface area contributed by atoms with Gasteiger partial charge in [-0.05, 0) is 93.9 Å². The molecule has 2 rings (SSSR count). The number of piperidine rings is 2. The van der Waals surface area contributed by atoms with Crippen LogP contribution in [0.5, 0.6) is 0 Å². The van der Waals surface area contributed by atoms with Crippen molar-refractivity contribution in [3.8, 4) is 0 Å². The molecule has 2 aliphatic rings. The van der Waals surface area contributed by atoms with Crippen molar-refractivity contribution >= 4 is 0 Å². The van der Waals surface area contributed by atoms with Crippen LogP contribution in [-0.2, 0) is 9.68 Å². The van der Waals surface area contributed by atoms with Gasteiger partial charge in [0.25, 0.3) is 0 Å². The Morgan fingerprint density at radius 1 is 0.613 bits per heavy atom. The fourth-order valence-corrected chi connectivity index (χ4v) is 5.95. The molecule has 0 aliphatic carbocycles. The monoisotopic (exact) mass is 438 g/mol. The average molecular weight is 439 g/mol. The van der Waals surface area contributed by atoms with E-state index in [-0.39, 0.29) is 34.2 Å². The number of hydrogen-bond acceptors (Lipinski definition) is 6. The van der Waals surface area contributed by atoms with Crippen LogP contribution >= 0.6 is 0 Å². The summed E-state index contributed by atoms with van der Waals surface area (Å²) in [6.07, 6.45) is 7.15. The molecule has 2 aliphatic heterocycles. The van der Waals surface area contributed by atoms with Crippen molar-refractivity contribution in [2.75, 3.05) is 13.2 Å². The molecule has 2 saturated heterocycles. The Labute approximate surface area is 192 Å². The Bertz CT molecular complexity index is 564. The minimum Gasteiger partial charge on any atom is -0.298 e. The predicted molar refractivity (Wildman–Crippen MR) is 128 cm³/mol. The van der Waals surface area contributed by atoms with Crippen LogP contribution in [0.15, 0.2) is 10.2 Å². The molecule has 6 heteroatoms. The van der Waals surface area contributed by atoms with E-state index in [1.807, 2.05) is 0 Å². The first-order valence-corrected chi connectivity index (χ1v) is 12.5. The summed E-state index contributed by atoms with van der Waals surface area (Å²) in [6.45, 7) is 24.1. The molecule has 0 bridgehead atoms. The Hall–Kier alpha value is -0.560. The largest absolute Gasteiger partial charge is 0.298 e. The van der Waals surface area contributed by atoms with Crippen LogP contribution in [0.4, 0.5) is 0 Å². The van der Waals surface area contributed by atoms with Gasteiger partial charge in [0.15, 0.2) is 0 Å². The summed E-state index contributed by atoms with van der Waals surface area (Å²) >= 11 is 0. The van der Waals surface area contributed by atoms with Gasteiger partial charge in [-0.25, -0.2) is 0 Å². The van der Waals surface area contributed by atoms with E-state index < -0.39 is 0 Å². The van der Waals surface area contributed by atoms with E-state index >= 15 is 0 Å². The van der Waals surface area contributed by atoms with E-state index in [1.165, 1.54) is 0 Å². The van der Waals surface area contributed by atoms with Crippen molar-refractivity contribution in [1.82, 2.24) is 10.1 Å². The van der Waals surface area contributed by atoms with E-state index in [0.717, 1.165) is 58.2 Å². The van der Waals surface area contributed by atoms with Crippen molar-refractivity contribution < 1.29 is 9.68 Å². The van der Waals surface area contributed by atoms with E-state index in [2.05, 4.69) is 79.4 Å². The van der Waals surface area contributed by atoms with E-state index in [4.69, 9.17) is 19.9 Å². The molecule has 2 heterocycles. The number of azo groups is 1. The third-order valence-electron chi connectivity index (χ3n) is 6.68. The number of rotatable bonds is 9. The second kappa shape index (κ2) is 10.1. The smallest absolute Gasteiger partial charge is 0.0745 e. The lowest BCUT2D eigenvalue weighted by atomic mass is 9.79. The van der Waals surface area contributed by atoms with E-state index in [0.29, 0.717) is 0 Å². The fourth-order valence-electron chi connectivity index (χ4n) is 5.95. The maximum atomic E-state index is 6.24. The normalized spacial score (nSPS) is 27.2. The molecule has 6 nitrogen and oxygen atoms in total. The van der Waals surface area contributed by atoms with Crippen molar-refractivity contribution in [3.63, 3.8) is 0 Å². The van der Waals surface area contributed by atoms with E-state index in [9.17, 15) is 0 Å². The summed E-state index contributed by atoms with van der Waals surface area (Å²) < 4.78 is 0. The van der Waals surface area contributed by atoms with Gasteiger partial charge in [0, 0.05) is 22.2 Å². The highest BCUT2D eigenvalue weighted by Crippen LogP contribution is 2.42. The minimum absolute atomic E-state index is 0.0599. The predicted octanol–water partition coefficient (Wildman–Crippen LogP) is 6.56. The molecule has 0 radical (unpaired) electrons. The van der Waals surface area contributed by atoms with Crippen molar-refractivity contribution in [2.24, 2.45) is 10.2 Å². The van der Waals surface area contributed by atoms with Gasteiger partial charge in [-0.2, -0.15) is 20.4 Å². The molecule has 0 atom stereocenters. The van der Waals surface area contributed by atoms with Gasteiger partial charge in [-0.3, -0.25) is 9.68 Å². The van der Waals surface area contributed by atoms with Crippen LogP contribution in [-0.4, -0.2) is 57.6 Å². The molecule has 182 valence electrons. The summed E-state index contributed by atoms with van der Waals surface area (Å²) in [5, 5.41) is 14.3. The van der Waals surface area contributed by atoms with Crippen LogP contribution in [0.2, 0.25) is 0 Å². The Morgan fingerprint density at radius 2 is 0.968 bits per heavy atom. The molecule has 0 unspecified atom stereocenters. The first kappa shape index (κ1) is 26.7. The fraction of sp³-hybridized carbons (Fsp3) is 1.00. The summed E-state index contributed by atoms with van der Waals surface area (Å²) in [4.78, 5) is 12.4. The SMILES string of the molecule is CCCCON1C(C)(C)CC(N=NC2CC(C)(C)N(OCCC)C(C)(C)C2)CC1(C)C. The standard InChI is InChI=1S/C25H50N4O2/c1-11-13-15-31-29-24(7,8)18-21(19-25(29,9)10)27-26-20-16-22(3,4)28(30-14-12-2)23(5,6)17-20/h20-21H,11-19H2,1-10H3. The summed E-state index contributed by atoms with van der Waals surface area (Å²) in [7, 11) is 0. The molecular formula is C25H50N4O2. The first-order valence-electron chi connectivity index (χ1n) is 12.5. The molecule has 31 heavy (non-hydrogen) atoms. The molecular weight excluding hydrogens is 388 g/mol. The summed E-state index contributed by atoms with van der Waals surface area (Å²) in [5.74, 6) is 0. The van der Waals surface area contributed by atoms with Gasteiger partial charge >= 0.3 is 0 Å². The summed E-state index contributed by atoms with van der Waals surface area (Å²) in [5.41, 5.74) is -0.241. The quantitative estimate of drug-likeness (QED) is 0.302. The maximum Gasteiger partial charge on any atom is 0.0745 e. The molecule has 0 saturated carbocycles. The molecule has 2 fully saturated rings. The lowest BCUT2D eigenvalue weighted by Crippen LogP contribution is -2.61. The van der Waals surface area contributed by atoms with Crippen LogP contribution in [0.25, 0.3) is 0 Å². The molecule has 0 spiro atoms. The van der Waals surface area contributed by atoms with Gasteiger partial charge in [-0.15, -0.1) is 0 Å². The zero-order chi connectivity index (χ0) is 23.5. The number of hydroxylamine groups is 4. The third-order valence-corrected chi connectivity index (χ3v) is 6.68. The highest BCUT2D eigenvalue weighted by molar-refractivity contribution is 5.01. The molecule has 0 aromatic rings. The average Bonchev–Trinajstić information content (AvgIpc) is 2.60. The Balaban J connectivity index is 2.07. The van der Waals surface area contributed by atoms with Crippen LogP contribution in [0.3, 0.4) is 0 Å². The molecule has 0 aromatic carbocycles. The second-order valence-corrected chi connectivity index (χ2v) is 12.2. The molecule has 0 amide bonds. The van der Waals surface area contributed by atoms with Crippen molar-refractivity contribution in [3.05, 3.63) is 0 Å². The van der Waals surface area contributed by atoms with Gasteiger partial charge < -0.3 is 0 Å². The van der Waals surface area contributed by atoms with Gasteiger partial charge in [0.2, 0.25) is 0 Å². The zero-order valence-electron chi connectivity index (χ0n) is 22.1. The van der Waals surface area contributed by atoms with E-state index in [1.54, 1.807) is 0 Å². The first-order chi connectivity index (χ1) is 14.2. The zero-order valence-corrected chi connectivity index (χ0v) is 22.1. The lowest BCUT2D eigenvalue weighted by molar-refractivity contribution is -0.284. The third kappa shape index (κ3) is 6.72. The van der Waals surface area contributed by atoms with Crippen LogP contribution < -0.4 is 0 Å². The number of unbranched alkanes of at least 4 members (excludes halogenated alkanes) is 1. The van der Waals surface area contributed by atoms with Gasteiger partial charge in [-0.1, -0.05) is 20.3 Å². The second-order valence-electron chi connectivity index (χ2n) is 12.2. The number of hydrogen-bond donors (Lipinski definition) is 0. The topological polar surface area (TPSA) is 49.7 Å². The Kier molecular flexibility index (Phi) is 8.74. The Morgan fingerprint density at radius 3 is 1.29 bits per heavy atom. The van der Waals surface area contributed by atoms with Gasteiger partial charge in [0.05, 0.1) is 25.3 Å². The van der Waals surface area contributed by atoms with Crippen molar-refractivity contribution in [1.29, 1.82) is 0 Å². The van der Waals surface area contributed by atoms with Crippen molar-refractivity contribution in [2.45, 2.75) is 148 Å². The molecule has 0 aromatic heterocycles. The minimum atomic E-state index is -0.0604. The van der Waals surface area contributed by atoms with Crippen LogP contribution in [0.1, 0.15) is 114 Å². The highest BCUT2D eigenvalue weighted by atomic mass is 16.7. The lowest BCUT2D eigenvalue weighted by Gasteiger charge is -2.53. The van der Waals surface area contributed by atoms with Gasteiger partial charge in [0.1, 0.15) is 0 Å². The number of nitrogens with zero attached hydrogens (tertiary/aromatic N) is 4. The molecule has 0 N–H and O–H groups in total. The highest BCUT2D eigenvalue weighted by Gasteiger charge is 2.48. The van der Waals surface area contributed by atoms with Crippen LogP contribution in [0, 0.1) is 0 Å².